The van der Waals surface area contributed by atoms with Gasteiger partial charge in [-0.2, -0.15) is 0 Å². The molecular formula is C4H6OS. The van der Waals surface area contributed by atoms with E-state index in [1.165, 1.54) is 11.8 Å². The summed E-state index contributed by atoms with van der Waals surface area (Å²) in [5.41, 5.74) is 0.807. The monoisotopic (exact) mass is 102 g/mol. The zero-order valence-electron chi connectivity index (χ0n) is 3.39. The predicted octanol–water partition coefficient (Wildman–Crippen LogP) is 1.10. The van der Waals surface area contributed by atoms with Crippen LogP contribution in [0.1, 0.15) is 0 Å². The molecule has 0 N–H and O–H groups in total. The largest absolute Gasteiger partial charge is 0.291 e. The maximum absolute atomic E-state index is 9.48. The first-order valence-electron chi connectivity index (χ1n) is 1.58. The number of thioether (sulfide) groups is 1. The second-order valence-corrected chi connectivity index (χ2v) is 1.58. The summed E-state index contributed by atoms with van der Waals surface area (Å²) in [6.45, 7) is 3.42. The van der Waals surface area contributed by atoms with Crippen LogP contribution in [0.2, 0.25) is 0 Å². The molecule has 0 atom stereocenters. The fourth-order valence-corrected chi connectivity index (χ4v) is 0.322. The van der Waals surface area contributed by atoms with Crippen molar-refractivity contribution >= 4 is 17.4 Å². The Morgan fingerprint density at radius 3 is 2.67 bits per heavy atom. The maximum atomic E-state index is 9.48. The summed E-state index contributed by atoms with van der Waals surface area (Å²) in [7, 11) is 0. The van der Waals surface area contributed by atoms with Crippen molar-refractivity contribution in [3.05, 3.63) is 12.7 Å². The van der Waals surface area contributed by atoms with E-state index in [0.717, 1.165) is 11.4 Å². The van der Waals surface area contributed by atoms with Gasteiger partial charge in [-0.15, -0.1) is 6.58 Å². The summed E-state index contributed by atoms with van der Waals surface area (Å²) in [5.74, 6) is 0.726. The van der Waals surface area contributed by atoms with Crippen molar-refractivity contribution in [1.82, 2.24) is 0 Å². The molecular weight excluding hydrogens is 96.1 g/mol. The van der Waals surface area contributed by atoms with Gasteiger partial charge in [-0.25, -0.2) is 0 Å². The number of carbonyl (C=O) groups excluding carboxylic acids is 1. The second kappa shape index (κ2) is 4.76. The normalized spacial score (nSPS) is 7.33. The van der Waals surface area contributed by atoms with E-state index < -0.39 is 0 Å². The van der Waals surface area contributed by atoms with Crippen LogP contribution in [-0.4, -0.2) is 11.4 Å². The lowest BCUT2D eigenvalue weighted by molar-refractivity contribution is 0.570. The summed E-state index contributed by atoms with van der Waals surface area (Å²) in [6, 6.07) is 0. The maximum Gasteiger partial charge on any atom is 0.176 e. The van der Waals surface area contributed by atoms with Crippen LogP contribution in [0.3, 0.4) is 0 Å². The molecule has 1 nitrogen and oxygen atoms in total. The molecule has 0 aliphatic heterocycles. The molecule has 0 heterocycles. The van der Waals surface area contributed by atoms with Crippen LogP contribution in [0, 0.1) is 0 Å². The highest BCUT2D eigenvalue weighted by molar-refractivity contribution is 8.11. The van der Waals surface area contributed by atoms with Gasteiger partial charge >= 0.3 is 0 Å². The molecule has 6 heavy (non-hydrogen) atoms. The van der Waals surface area contributed by atoms with Crippen LogP contribution in [0.5, 0.6) is 0 Å². The molecule has 0 aromatic heterocycles. The van der Waals surface area contributed by atoms with Gasteiger partial charge in [0.05, 0.1) is 0 Å². The minimum Gasteiger partial charge on any atom is -0.291 e. The van der Waals surface area contributed by atoms with E-state index in [0.29, 0.717) is 0 Å². The smallest absolute Gasteiger partial charge is 0.176 e. The van der Waals surface area contributed by atoms with Crippen LogP contribution in [-0.2, 0) is 4.79 Å². The lowest BCUT2D eigenvalue weighted by atomic mass is 10.8. The van der Waals surface area contributed by atoms with Gasteiger partial charge in [0.2, 0.25) is 0 Å². The second-order valence-electron chi connectivity index (χ2n) is 0.718. The molecule has 0 saturated carbocycles. The van der Waals surface area contributed by atoms with E-state index in [-0.39, 0.29) is 0 Å². The van der Waals surface area contributed by atoms with Crippen LogP contribution in [0.15, 0.2) is 12.7 Å². The average Bonchev–Trinajstić information content (AvgIpc) is 1.61. The Balaban J connectivity index is 2.66. The molecule has 0 aromatic rings. The molecule has 0 fully saturated rings. The minimum atomic E-state index is 0.726. The van der Waals surface area contributed by atoms with E-state index in [2.05, 4.69) is 6.58 Å². The van der Waals surface area contributed by atoms with E-state index in [9.17, 15) is 4.79 Å². The summed E-state index contributed by atoms with van der Waals surface area (Å²) >= 11 is 1.21. The highest BCUT2D eigenvalue weighted by atomic mass is 32.2. The molecule has 0 rings (SSSR count). The van der Waals surface area contributed by atoms with Crippen molar-refractivity contribution in [3.8, 4) is 0 Å². The van der Waals surface area contributed by atoms with Gasteiger partial charge in [0.15, 0.2) is 5.62 Å². The molecule has 0 aromatic carbocycles. The fourth-order valence-electron chi connectivity index (χ4n) is 0.107. The van der Waals surface area contributed by atoms with E-state index in [1.54, 1.807) is 6.08 Å². The third-order valence-electron chi connectivity index (χ3n) is 0.282. The minimum absolute atomic E-state index is 0.726. The van der Waals surface area contributed by atoms with Gasteiger partial charge in [0.25, 0.3) is 0 Å². The lowest BCUT2D eigenvalue weighted by Gasteiger charge is -1.73. The van der Waals surface area contributed by atoms with Crippen LogP contribution in [0.25, 0.3) is 0 Å². The van der Waals surface area contributed by atoms with Crippen molar-refractivity contribution in [2.75, 3.05) is 5.75 Å². The molecule has 0 saturated heterocycles. The van der Waals surface area contributed by atoms with Crippen molar-refractivity contribution in [3.63, 3.8) is 0 Å². The van der Waals surface area contributed by atoms with Crippen LogP contribution < -0.4 is 0 Å². The van der Waals surface area contributed by atoms with Gasteiger partial charge in [-0.3, -0.25) is 4.79 Å². The third-order valence-corrected chi connectivity index (χ3v) is 0.846. The molecule has 0 spiro atoms. The molecule has 0 unspecified atom stereocenters. The third kappa shape index (κ3) is 3.76. The van der Waals surface area contributed by atoms with E-state index in [4.69, 9.17) is 0 Å². The average molecular weight is 102 g/mol. The Labute approximate surface area is 41.4 Å². The molecule has 0 aliphatic carbocycles. The van der Waals surface area contributed by atoms with Crippen molar-refractivity contribution < 1.29 is 4.79 Å². The summed E-state index contributed by atoms with van der Waals surface area (Å²) in [6.07, 6.45) is 1.69. The number of hydrogen-bond acceptors (Lipinski definition) is 2. The zero-order chi connectivity index (χ0) is 4.83. The Bertz CT molecular complexity index is 43.5. The highest BCUT2D eigenvalue weighted by Gasteiger charge is 1.70. The number of rotatable bonds is 3. The van der Waals surface area contributed by atoms with Crippen LogP contribution >= 0.6 is 11.8 Å². The first-order chi connectivity index (χ1) is 2.91. The first-order valence-corrected chi connectivity index (χ1v) is 2.63. The number of carbonyl (C=O) groups is 1. The van der Waals surface area contributed by atoms with E-state index >= 15 is 0 Å². The highest BCUT2D eigenvalue weighted by Crippen LogP contribution is 1.89. The number of hydrogen-bond donors (Lipinski definition) is 0. The van der Waals surface area contributed by atoms with Gasteiger partial charge < -0.3 is 0 Å². The molecule has 2 heteroatoms. The molecule has 0 radical (unpaired) electrons. The topological polar surface area (TPSA) is 17.1 Å². The fraction of sp³-hybridized carbons (Fsp3) is 0.250. The molecule has 34 valence electrons. The summed E-state index contributed by atoms with van der Waals surface area (Å²) in [4.78, 5) is 9.48. The SMILES string of the molecule is C=CCSC=O. The van der Waals surface area contributed by atoms with Crippen LogP contribution in [0.4, 0.5) is 0 Å². The van der Waals surface area contributed by atoms with Crippen molar-refractivity contribution in [1.29, 1.82) is 0 Å². The Morgan fingerprint density at radius 2 is 2.50 bits per heavy atom. The van der Waals surface area contributed by atoms with Gasteiger partial charge in [0.1, 0.15) is 0 Å². The van der Waals surface area contributed by atoms with E-state index in [1.807, 2.05) is 0 Å². The lowest BCUT2D eigenvalue weighted by Crippen LogP contribution is -1.63. The quantitative estimate of drug-likeness (QED) is 0.301. The Morgan fingerprint density at radius 1 is 1.83 bits per heavy atom. The molecule has 0 bridgehead atoms. The van der Waals surface area contributed by atoms with Crippen molar-refractivity contribution in [2.45, 2.75) is 0 Å². The molecule has 0 aliphatic rings. The Kier molecular flexibility index (Phi) is 4.57. The van der Waals surface area contributed by atoms with Gasteiger partial charge in [0, 0.05) is 5.75 Å². The predicted molar refractivity (Wildman–Crippen MR) is 29.4 cm³/mol. The van der Waals surface area contributed by atoms with Crippen molar-refractivity contribution in [2.24, 2.45) is 0 Å². The zero-order valence-corrected chi connectivity index (χ0v) is 4.20. The standard InChI is InChI=1S/C4H6OS/c1-2-3-6-4-5/h2,4H,1,3H2. The Hall–Kier alpha value is -0.240. The van der Waals surface area contributed by atoms with Gasteiger partial charge in [-0.1, -0.05) is 17.8 Å². The van der Waals surface area contributed by atoms with Gasteiger partial charge in [-0.05, 0) is 0 Å². The summed E-state index contributed by atoms with van der Waals surface area (Å²) < 4.78 is 0. The summed E-state index contributed by atoms with van der Waals surface area (Å²) in [5, 5.41) is 0. The molecule has 0 amide bonds. The first kappa shape index (κ1) is 5.76.